The highest BCUT2D eigenvalue weighted by Gasteiger charge is 2.18. The number of nitrogens with zero attached hydrogens (tertiary/aromatic N) is 3. The molecule has 0 saturated heterocycles. The van der Waals surface area contributed by atoms with Crippen molar-refractivity contribution in [3.63, 3.8) is 0 Å². The van der Waals surface area contributed by atoms with Crippen LogP contribution in [-0.2, 0) is 5.41 Å². The van der Waals surface area contributed by atoms with E-state index in [1.165, 1.54) is 4.80 Å². The van der Waals surface area contributed by atoms with E-state index in [0.29, 0.717) is 0 Å². The van der Waals surface area contributed by atoms with Crippen LogP contribution in [-0.4, -0.2) is 20.1 Å². The van der Waals surface area contributed by atoms with Gasteiger partial charge in [0.1, 0.15) is 5.75 Å². The van der Waals surface area contributed by atoms with Crippen molar-refractivity contribution in [2.45, 2.75) is 26.2 Å². The van der Waals surface area contributed by atoms with Crippen molar-refractivity contribution in [1.29, 1.82) is 0 Å². The monoisotopic (exact) mass is 217 g/mol. The summed E-state index contributed by atoms with van der Waals surface area (Å²) in [6.07, 6.45) is 3.21. The standard InChI is InChI=1S/C12H15N3O/c1-12(2,3)10-5-4-9(8-11(10)16)15-13-6-7-14-15/h4-8,16H,1-3H3. The van der Waals surface area contributed by atoms with Crippen LogP contribution in [0.15, 0.2) is 30.6 Å². The molecule has 0 aliphatic rings. The van der Waals surface area contributed by atoms with Crippen molar-refractivity contribution in [2.75, 3.05) is 0 Å². The second-order valence-electron chi connectivity index (χ2n) is 4.77. The third-order valence-electron chi connectivity index (χ3n) is 2.44. The molecule has 0 aliphatic heterocycles. The first-order valence-electron chi connectivity index (χ1n) is 5.18. The molecule has 1 aromatic heterocycles. The van der Waals surface area contributed by atoms with Gasteiger partial charge in [0, 0.05) is 6.07 Å². The van der Waals surface area contributed by atoms with Crippen molar-refractivity contribution in [3.8, 4) is 11.4 Å². The van der Waals surface area contributed by atoms with E-state index in [2.05, 4.69) is 31.0 Å². The third-order valence-corrected chi connectivity index (χ3v) is 2.44. The molecule has 0 aliphatic carbocycles. The van der Waals surface area contributed by atoms with Gasteiger partial charge in [0.25, 0.3) is 0 Å². The third kappa shape index (κ3) is 1.91. The average molecular weight is 217 g/mol. The van der Waals surface area contributed by atoms with Gasteiger partial charge < -0.3 is 5.11 Å². The lowest BCUT2D eigenvalue weighted by molar-refractivity contribution is 0.446. The Kier molecular flexibility index (Phi) is 2.42. The predicted molar refractivity (Wildman–Crippen MR) is 61.7 cm³/mol. The minimum atomic E-state index is -0.0693. The lowest BCUT2D eigenvalue weighted by Crippen LogP contribution is -2.11. The zero-order valence-corrected chi connectivity index (χ0v) is 9.68. The molecule has 4 heteroatoms. The first kappa shape index (κ1) is 10.7. The summed E-state index contributed by atoms with van der Waals surface area (Å²) >= 11 is 0. The van der Waals surface area contributed by atoms with Crippen molar-refractivity contribution in [1.82, 2.24) is 15.0 Å². The number of aromatic nitrogens is 3. The van der Waals surface area contributed by atoms with Gasteiger partial charge in [0.2, 0.25) is 0 Å². The molecule has 0 amide bonds. The molecule has 0 unspecified atom stereocenters. The van der Waals surface area contributed by atoms with E-state index in [4.69, 9.17) is 0 Å². The summed E-state index contributed by atoms with van der Waals surface area (Å²) in [5, 5.41) is 18.0. The molecule has 0 atom stereocenters. The molecule has 0 saturated carbocycles. The van der Waals surface area contributed by atoms with E-state index >= 15 is 0 Å². The molecular formula is C12H15N3O. The van der Waals surface area contributed by atoms with Gasteiger partial charge in [-0.15, -0.1) is 0 Å². The lowest BCUT2D eigenvalue weighted by Gasteiger charge is -2.20. The Morgan fingerprint density at radius 3 is 2.25 bits per heavy atom. The Balaban J connectivity index is 2.45. The number of phenolic OH excluding ortho intramolecular Hbond substituents is 1. The highest BCUT2D eigenvalue weighted by molar-refractivity contribution is 5.45. The van der Waals surface area contributed by atoms with Crippen LogP contribution in [0.1, 0.15) is 26.3 Å². The van der Waals surface area contributed by atoms with Gasteiger partial charge >= 0.3 is 0 Å². The van der Waals surface area contributed by atoms with E-state index in [-0.39, 0.29) is 11.2 Å². The van der Waals surface area contributed by atoms with Crippen molar-refractivity contribution < 1.29 is 5.11 Å². The molecule has 1 aromatic carbocycles. The number of benzene rings is 1. The van der Waals surface area contributed by atoms with Gasteiger partial charge in [-0.05, 0) is 17.0 Å². The zero-order chi connectivity index (χ0) is 11.8. The van der Waals surface area contributed by atoms with E-state index in [1.807, 2.05) is 12.1 Å². The fourth-order valence-corrected chi connectivity index (χ4v) is 1.63. The highest BCUT2D eigenvalue weighted by atomic mass is 16.3. The Morgan fingerprint density at radius 1 is 1.12 bits per heavy atom. The van der Waals surface area contributed by atoms with E-state index in [9.17, 15) is 5.11 Å². The predicted octanol–water partition coefficient (Wildman–Crippen LogP) is 2.27. The Labute approximate surface area is 94.5 Å². The summed E-state index contributed by atoms with van der Waals surface area (Å²) < 4.78 is 0. The first-order chi connectivity index (χ1) is 7.48. The maximum absolute atomic E-state index is 9.96. The van der Waals surface area contributed by atoms with E-state index in [1.54, 1.807) is 18.5 Å². The van der Waals surface area contributed by atoms with Crippen molar-refractivity contribution in [2.24, 2.45) is 0 Å². The summed E-state index contributed by atoms with van der Waals surface area (Å²) in [4.78, 5) is 1.48. The summed E-state index contributed by atoms with van der Waals surface area (Å²) in [5.41, 5.74) is 1.61. The second-order valence-corrected chi connectivity index (χ2v) is 4.77. The van der Waals surface area contributed by atoms with Crippen LogP contribution in [0.2, 0.25) is 0 Å². The topological polar surface area (TPSA) is 50.9 Å². The van der Waals surface area contributed by atoms with Gasteiger partial charge in [0.15, 0.2) is 0 Å². The van der Waals surface area contributed by atoms with E-state index < -0.39 is 0 Å². The van der Waals surface area contributed by atoms with Crippen LogP contribution in [0, 0.1) is 0 Å². The average Bonchev–Trinajstić information content (AvgIpc) is 2.68. The van der Waals surface area contributed by atoms with Crippen LogP contribution in [0.3, 0.4) is 0 Å². The van der Waals surface area contributed by atoms with Gasteiger partial charge in [-0.1, -0.05) is 26.8 Å². The highest BCUT2D eigenvalue weighted by Crippen LogP contribution is 2.31. The number of hydrogen-bond donors (Lipinski definition) is 1. The van der Waals surface area contributed by atoms with E-state index in [0.717, 1.165) is 11.3 Å². The van der Waals surface area contributed by atoms with Crippen LogP contribution in [0.4, 0.5) is 0 Å². The largest absolute Gasteiger partial charge is 0.508 e. The molecule has 16 heavy (non-hydrogen) atoms. The fourth-order valence-electron chi connectivity index (χ4n) is 1.63. The number of hydrogen-bond acceptors (Lipinski definition) is 3. The molecular weight excluding hydrogens is 202 g/mol. The molecule has 2 rings (SSSR count). The van der Waals surface area contributed by atoms with Gasteiger partial charge in [-0.25, -0.2) is 0 Å². The van der Waals surface area contributed by atoms with Gasteiger partial charge in [0.05, 0.1) is 18.1 Å². The molecule has 0 spiro atoms. The quantitative estimate of drug-likeness (QED) is 0.797. The molecule has 0 bridgehead atoms. The summed E-state index contributed by atoms with van der Waals surface area (Å²) in [6.45, 7) is 6.19. The maximum Gasteiger partial charge on any atom is 0.121 e. The first-order valence-corrected chi connectivity index (χ1v) is 5.18. The minimum Gasteiger partial charge on any atom is -0.508 e. The summed E-state index contributed by atoms with van der Waals surface area (Å²) in [7, 11) is 0. The minimum absolute atomic E-state index is 0.0693. The van der Waals surface area contributed by atoms with Crippen molar-refractivity contribution in [3.05, 3.63) is 36.2 Å². The smallest absolute Gasteiger partial charge is 0.121 e. The molecule has 0 radical (unpaired) electrons. The Morgan fingerprint density at radius 2 is 1.75 bits per heavy atom. The van der Waals surface area contributed by atoms with Gasteiger partial charge in [-0.3, -0.25) is 0 Å². The molecule has 0 fully saturated rings. The van der Waals surface area contributed by atoms with Gasteiger partial charge in [-0.2, -0.15) is 15.0 Å². The fraction of sp³-hybridized carbons (Fsp3) is 0.333. The number of aromatic hydroxyl groups is 1. The van der Waals surface area contributed by atoms with Crippen LogP contribution >= 0.6 is 0 Å². The second kappa shape index (κ2) is 3.63. The lowest BCUT2D eigenvalue weighted by atomic mass is 9.86. The zero-order valence-electron chi connectivity index (χ0n) is 9.68. The van der Waals surface area contributed by atoms with Crippen LogP contribution < -0.4 is 0 Å². The van der Waals surface area contributed by atoms with Crippen molar-refractivity contribution >= 4 is 0 Å². The summed E-state index contributed by atoms with van der Waals surface area (Å²) in [6, 6.07) is 5.49. The molecule has 2 aromatic rings. The van der Waals surface area contributed by atoms with Crippen LogP contribution in [0.5, 0.6) is 5.75 Å². The summed E-state index contributed by atoms with van der Waals surface area (Å²) in [5.74, 6) is 0.280. The number of phenols is 1. The Bertz CT molecular complexity index is 483. The molecule has 1 heterocycles. The molecule has 4 nitrogen and oxygen atoms in total. The normalized spacial score (nSPS) is 11.7. The Hall–Kier alpha value is -1.84. The van der Waals surface area contributed by atoms with Crippen LogP contribution in [0.25, 0.3) is 5.69 Å². The molecule has 1 N–H and O–H groups in total. The number of rotatable bonds is 1. The SMILES string of the molecule is CC(C)(C)c1ccc(-n2nccn2)cc1O. The molecule has 84 valence electrons. The maximum atomic E-state index is 9.96.